The van der Waals surface area contributed by atoms with Gasteiger partial charge in [-0.15, -0.1) is 0 Å². The molecular formula is C16H29N3O3. The fraction of sp³-hybridized carbons (Fsp3) is 0.875. The molecule has 0 aromatic rings. The van der Waals surface area contributed by atoms with E-state index >= 15 is 0 Å². The second-order valence-electron chi connectivity index (χ2n) is 6.86. The van der Waals surface area contributed by atoms with Gasteiger partial charge in [-0.3, -0.25) is 19.4 Å². The van der Waals surface area contributed by atoms with Gasteiger partial charge < -0.3 is 10.4 Å². The highest BCUT2D eigenvalue weighted by Crippen LogP contribution is 2.23. The summed E-state index contributed by atoms with van der Waals surface area (Å²) in [5.41, 5.74) is 0. The van der Waals surface area contributed by atoms with E-state index in [9.17, 15) is 9.59 Å². The van der Waals surface area contributed by atoms with Gasteiger partial charge in [-0.25, -0.2) is 0 Å². The molecule has 2 fully saturated rings. The normalized spacial score (nSPS) is 29.0. The Morgan fingerprint density at radius 3 is 2.50 bits per heavy atom. The molecule has 0 aromatic carbocycles. The number of rotatable bonds is 5. The molecule has 1 saturated carbocycles. The Labute approximate surface area is 132 Å². The van der Waals surface area contributed by atoms with Crippen LogP contribution in [0.15, 0.2) is 0 Å². The Kier molecular flexibility index (Phi) is 6.20. The minimum Gasteiger partial charge on any atom is -0.480 e. The van der Waals surface area contributed by atoms with Gasteiger partial charge in [0, 0.05) is 32.2 Å². The first kappa shape index (κ1) is 17.2. The lowest BCUT2D eigenvalue weighted by molar-refractivity contribution is -0.143. The van der Waals surface area contributed by atoms with Crippen molar-refractivity contribution >= 4 is 11.9 Å². The quantitative estimate of drug-likeness (QED) is 0.785. The molecule has 2 rings (SSSR count). The van der Waals surface area contributed by atoms with Crippen LogP contribution in [0.3, 0.4) is 0 Å². The lowest BCUT2D eigenvalue weighted by Gasteiger charge is -2.36. The maximum absolute atomic E-state index is 12.1. The zero-order valence-corrected chi connectivity index (χ0v) is 13.8. The van der Waals surface area contributed by atoms with Crippen molar-refractivity contribution in [1.29, 1.82) is 0 Å². The Hall–Kier alpha value is -1.14. The van der Waals surface area contributed by atoms with E-state index in [0.717, 1.165) is 25.9 Å². The van der Waals surface area contributed by atoms with Crippen LogP contribution in [-0.2, 0) is 9.59 Å². The maximum atomic E-state index is 12.1. The second-order valence-corrected chi connectivity index (χ2v) is 6.86. The lowest BCUT2D eigenvalue weighted by atomic mass is 9.87. The standard InChI is InChI=1S/C16H29N3O3/c1-12-4-3-5-14(10-12)17-15(20)11-18-6-8-19(9-7-18)13(2)16(21)22/h12-14H,3-11H2,1-2H3,(H,17,20)(H,21,22). The summed E-state index contributed by atoms with van der Waals surface area (Å²) in [6, 6.07) is -0.107. The van der Waals surface area contributed by atoms with E-state index in [-0.39, 0.29) is 5.91 Å². The molecule has 1 saturated heterocycles. The second kappa shape index (κ2) is 7.92. The molecule has 1 aliphatic carbocycles. The molecule has 0 aromatic heterocycles. The molecule has 6 heteroatoms. The Morgan fingerprint density at radius 1 is 1.23 bits per heavy atom. The largest absolute Gasteiger partial charge is 0.480 e. The van der Waals surface area contributed by atoms with Gasteiger partial charge >= 0.3 is 5.97 Å². The van der Waals surface area contributed by atoms with Crippen LogP contribution < -0.4 is 5.32 Å². The smallest absolute Gasteiger partial charge is 0.320 e. The summed E-state index contributed by atoms with van der Waals surface area (Å²) in [6.45, 7) is 7.33. The maximum Gasteiger partial charge on any atom is 0.320 e. The lowest BCUT2D eigenvalue weighted by Crippen LogP contribution is -2.54. The molecule has 1 amide bonds. The van der Waals surface area contributed by atoms with E-state index in [2.05, 4.69) is 17.1 Å². The van der Waals surface area contributed by atoms with Gasteiger partial charge in [-0.05, 0) is 25.7 Å². The van der Waals surface area contributed by atoms with Crippen LogP contribution >= 0.6 is 0 Å². The van der Waals surface area contributed by atoms with Gasteiger partial charge in [0.15, 0.2) is 0 Å². The molecule has 3 unspecified atom stereocenters. The molecule has 1 heterocycles. The monoisotopic (exact) mass is 311 g/mol. The number of carbonyl (C=O) groups is 2. The first-order valence-corrected chi connectivity index (χ1v) is 8.44. The van der Waals surface area contributed by atoms with Crippen molar-refractivity contribution in [3.05, 3.63) is 0 Å². The number of nitrogens with one attached hydrogen (secondary N) is 1. The number of carboxylic acid groups (broad SMARTS) is 1. The molecule has 1 aliphatic heterocycles. The van der Waals surface area contributed by atoms with Crippen LogP contribution in [0.25, 0.3) is 0 Å². The van der Waals surface area contributed by atoms with E-state index in [1.165, 1.54) is 12.8 Å². The zero-order valence-electron chi connectivity index (χ0n) is 13.8. The topological polar surface area (TPSA) is 72.9 Å². The highest BCUT2D eigenvalue weighted by Gasteiger charge is 2.26. The summed E-state index contributed by atoms with van der Waals surface area (Å²) in [5.74, 6) is 0.0385. The first-order valence-electron chi connectivity index (χ1n) is 8.44. The summed E-state index contributed by atoms with van der Waals surface area (Å²) < 4.78 is 0. The number of hydrogen-bond acceptors (Lipinski definition) is 4. The third-order valence-corrected chi connectivity index (χ3v) is 4.98. The number of hydrogen-bond donors (Lipinski definition) is 2. The molecule has 2 N–H and O–H groups in total. The number of amides is 1. The number of carboxylic acids is 1. The Bertz CT molecular complexity index is 394. The first-order chi connectivity index (χ1) is 10.5. The van der Waals surface area contributed by atoms with E-state index in [4.69, 9.17) is 5.11 Å². The highest BCUT2D eigenvalue weighted by atomic mass is 16.4. The van der Waals surface area contributed by atoms with E-state index < -0.39 is 12.0 Å². The van der Waals surface area contributed by atoms with Crippen molar-refractivity contribution in [3.8, 4) is 0 Å². The summed E-state index contributed by atoms with van der Waals surface area (Å²) in [7, 11) is 0. The molecule has 22 heavy (non-hydrogen) atoms. The summed E-state index contributed by atoms with van der Waals surface area (Å²) in [4.78, 5) is 27.2. The minimum absolute atomic E-state index is 0.110. The van der Waals surface area contributed by atoms with Crippen molar-refractivity contribution < 1.29 is 14.7 Å². The predicted octanol–water partition coefficient (Wildman–Crippen LogP) is 0.772. The van der Waals surface area contributed by atoms with Crippen LogP contribution in [0.5, 0.6) is 0 Å². The number of nitrogens with zero attached hydrogens (tertiary/aromatic N) is 2. The highest BCUT2D eigenvalue weighted by molar-refractivity contribution is 5.78. The molecule has 2 aliphatic rings. The minimum atomic E-state index is -0.780. The molecule has 0 radical (unpaired) electrons. The van der Waals surface area contributed by atoms with Crippen LogP contribution in [0, 0.1) is 5.92 Å². The fourth-order valence-corrected chi connectivity index (χ4v) is 3.51. The van der Waals surface area contributed by atoms with Crippen LogP contribution in [0.2, 0.25) is 0 Å². The third-order valence-electron chi connectivity index (χ3n) is 4.98. The molecule has 0 bridgehead atoms. The molecule has 3 atom stereocenters. The van der Waals surface area contributed by atoms with E-state index in [0.29, 0.717) is 31.6 Å². The van der Waals surface area contributed by atoms with Crippen LogP contribution in [0.4, 0.5) is 0 Å². The third kappa shape index (κ3) is 4.95. The van der Waals surface area contributed by atoms with Crippen LogP contribution in [-0.4, -0.2) is 71.6 Å². The zero-order chi connectivity index (χ0) is 16.1. The number of carbonyl (C=O) groups excluding carboxylic acids is 1. The molecule has 126 valence electrons. The van der Waals surface area contributed by atoms with Crippen molar-refractivity contribution in [3.63, 3.8) is 0 Å². The van der Waals surface area contributed by atoms with Gasteiger partial charge in [0.1, 0.15) is 6.04 Å². The van der Waals surface area contributed by atoms with E-state index in [1.54, 1.807) is 6.92 Å². The van der Waals surface area contributed by atoms with Crippen molar-refractivity contribution in [2.45, 2.75) is 51.6 Å². The average Bonchev–Trinajstić information content (AvgIpc) is 2.47. The van der Waals surface area contributed by atoms with Crippen molar-refractivity contribution in [1.82, 2.24) is 15.1 Å². The van der Waals surface area contributed by atoms with E-state index in [1.807, 2.05) is 4.90 Å². The molecular weight excluding hydrogens is 282 g/mol. The van der Waals surface area contributed by atoms with Gasteiger partial charge in [-0.2, -0.15) is 0 Å². The Balaban J connectivity index is 1.69. The summed E-state index contributed by atoms with van der Waals surface area (Å²) >= 11 is 0. The van der Waals surface area contributed by atoms with Crippen molar-refractivity contribution in [2.75, 3.05) is 32.7 Å². The number of aliphatic carboxylic acids is 1. The fourth-order valence-electron chi connectivity index (χ4n) is 3.51. The van der Waals surface area contributed by atoms with Gasteiger partial charge in [0.2, 0.25) is 5.91 Å². The summed E-state index contributed by atoms with van der Waals surface area (Å²) in [5, 5.41) is 12.2. The Morgan fingerprint density at radius 2 is 1.91 bits per heavy atom. The predicted molar refractivity (Wildman–Crippen MR) is 84.7 cm³/mol. The van der Waals surface area contributed by atoms with Gasteiger partial charge in [-0.1, -0.05) is 19.8 Å². The van der Waals surface area contributed by atoms with Crippen molar-refractivity contribution in [2.24, 2.45) is 5.92 Å². The molecule has 6 nitrogen and oxygen atoms in total. The van der Waals surface area contributed by atoms with Gasteiger partial charge in [0.05, 0.1) is 6.54 Å². The summed E-state index contributed by atoms with van der Waals surface area (Å²) in [6.07, 6.45) is 4.67. The molecule has 0 spiro atoms. The van der Waals surface area contributed by atoms with Crippen LogP contribution in [0.1, 0.15) is 39.5 Å². The van der Waals surface area contributed by atoms with Gasteiger partial charge in [0.25, 0.3) is 0 Å². The average molecular weight is 311 g/mol. The SMILES string of the molecule is CC1CCCC(NC(=O)CN2CCN(C(C)C(=O)O)CC2)C1. The number of piperazine rings is 1.